The molecule has 4 nitrogen and oxygen atoms in total. The molecule has 0 fully saturated rings. The molecule has 0 saturated carbocycles. The van der Waals surface area contributed by atoms with Crippen molar-refractivity contribution in [3.8, 4) is 39.1 Å². The van der Waals surface area contributed by atoms with Gasteiger partial charge in [-0.25, -0.2) is 0 Å². The van der Waals surface area contributed by atoms with Gasteiger partial charge < -0.3 is 9.47 Å². The van der Waals surface area contributed by atoms with Crippen molar-refractivity contribution in [1.82, 2.24) is 13.3 Å². The predicted molar refractivity (Wildman–Crippen MR) is 269 cm³/mol. The summed E-state index contributed by atoms with van der Waals surface area (Å²) in [5.74, 6) is 0. The summed E-state index contributed by atoms with van der Waals surface area (Å²) in [7, 11) is -3.03. The number of hydrogen-bond acceptors (Lipinski definition) is 4. The molecule has 0 aliphatic heterocycles. The van der Waals surface area contributed by atoms with Crippen molar-refractivity contribution in [3.05, 3.63) is 182 Å². The van der Waals surface area contributed by atoms with Crippen LogP contribution in [0, 0.1) is 0 Å². The lowest BCUT2D eigenvalue weighted by molar-refractivity contribution is 1.18. The van der Waals surface area contributed by atoms with Gasteiger partial charge >= 0.3 is 0 Å². The molecule has 8 aromatic carbocycles. The van der Waals surface area contributed by atoms with Crippen molar-refractivity contribution >= 4 is 88.2 Å². The highest BCUT2D eigenvalue weighted by atomic mass is 32.1. The molecule has 0 radical (unpaired) electrons. The van der Waals surface area contributed by atoms with Crippen molar-refractivity contribution in [2.24, 2.45) is 0 Å². The maximum absolute atomic E-state index is 4.97. The summed E-state index contributed by atoms with van der Waals surface area (Å²) in [6.07, 6.45) is 0. The average Bonchev–Trinajstić information content (AvgIpc) is 3.91. The monoisotopic (exact) mass is 840 g/mol. The molecule has 0 bridgehead atoms. The second kappa shape index (κ2) is 15.3. The number of nitrogens with zero attached hydrogens (tertiary/aromatic N) is 4. The van der Waals surface area contributed by atoms with Crippen LogP contribution in [0.2, 0.25) is 39.3 Å². The first-order valence-corrected chi connectivity index (χ1v) is 28.8. The molecular formula is C54H48N4SSi2. The van der Waals surface area contributed by atoms with E-state index in [9.17, 15) is 0 Å². The van der Waals surface area contributed by atoms with E-state index in [1.165, 1.54) is 66.2 Å². The Morgan fingerprint density at radius 2 is 0.869 bits per heavy atom. The van der Waals surface area contributed by atoms with E-state index in [1.807, 2.05) is 0 Å². The van der Waals surface area contributed by atoms with Gasteiger partial charge in [0.05, 0.1) is 44.6 Å². The largest absolute Gasteiger partial charge is 0.309 e. The van der Waals surface area contributed by atoms with Crippen LogP contribution < -0.4 is 15.3 Å². The van der Waals surface area contributed by atoms with Gasteiger partial charge in [0.2, 0.25) is 0 Å². The lowest BCUT2D eigenvalue weighted by atomic mass is 10.0. The second-order valence-corrected chi connectivity index (χ2v) is 28.8. The summed E-state index contributed by atoms with van der Waals surface area (Å²) in [4.78, 5) is 2.31. The molecule has 0 atom stereocenters. The molecule has 0 aliphatic rings. The number of aromatic nitrogens is 3. The molecule has 0 amide bonds. The van der Waals surface area contributed by atoms with Crippen LogP contribution in [0.1, 0.15) is 0 Å². The predicted octanol–water partition coefficient (Wildman–Crippen LogP) is 14.3. The topological polar surface area (TPSA) is 34.0 Å². The summed E-state index contributed by atoms with van der Waals surface area (Å²) in [5, 5.41) is 5.67. The molecule has 0 spiro atoms. The Bertz CT molecular complexity index is 3020. The summed E-state index contributed by atoms with van der Waals surface area (Å²) in [5.41, 5.74) is 15.5. The van der Waals surface area contributed by atoms with Crippen LogP contribution in [-0.4, -0.2) is 29.5 Å². The maximum Gasteiger partial charge on any atom is 0.129 e. The highest BCUT2D eigenvalue weighted by Gasteiger charge is 2.24. The second-order valence-electron chi connectivity index (χ2n) is 18.1. The van der Waals surface area contributed by atoms with E-state index in [4.69, 9.17) is 8.75 Å². The molecule has 298 valence electrons. The number of fused-ring (bicyclic) bond motifs is 4. The lowest BCUT2D eigenvalue weighted by Gasteiger charge is -2.26. The van der Waals surface area contributed by atoms with Crippen molar-refractivity contribution in [1.29, 1.82) is 0 Å². The van der Waals surface area contributed by atoms with Gasteiger partial charge in [0, 0.05) is 33.4 Å². The SMILES string of the molecule is C[Si](C)(C)c1ccc2c(c1)c1cc([Si](C)(C)C)ccc1n2-c1ccc(-c2ccc(N(c3ccc(-c4ccccc4)cc3)c3ccc(-c4ccccc4)cc3)c3nsnc23)cc1. The van der Waals surface area contributed by atoms with Gasteiger partial charge in [-0.15, -0.1) is 0 Å². The van der Waals surface area contributed by atoms with E-state index >= 15 is 0 Å². The third-order valence-electron chi connectivity index (χ3n) is 12.0. The quantitative estimate of drug-likeness (QED) is 0.136. The van der Waals surface area contributed by atoms with E-state index in [-0.39, 0.29) is 0 Å². The summed E-state index contributed by atoms with van der Waals surface area (Å²) < 4.78 is 12.4. The molecule has 0 N–H and O–H groups in total. The Hall–Kier alpha value is -6.39. The van der Waals surface area contributed by atoms with E-state index in [0.29, 0.717) is 0 Å². The normalized spacial score (nSPS) is 12.1. The standard InChI is InChI=1S/C54H48N4SSi2/c1-60(2,3)45-29-32-50-48(35-45)49-36-46(61(4,5)6)30-33-51(49)58(50)44-27-21-41(22-28-44)47-31-34-52(54-53(47)55-59-56-54)57(42-23-17-39(18-24-42)37-13-9-7-10-14-37)43-25-19-40(20-26-43)38-15-11-8-12-16-38/h7-36H,1-6H3. The van der Waals surface area contributed by atoms with Gasteiger partial charge in [-0.3, -0.25) is 0 Å². The molecule has 0 unspecified atom stereocenters. The van der Waals surface area contributed by atoms with Gasteiger partial charge in [0.25, 0.3) is 0 Å². The Morgan fingerprint density at radius 3 is 1.34 bits per heavy atom. The van der Waals surface area contributed by atoms with E-state index in [0.717, 1.165) is 44.9 Å². The number of hydrogen-bond donors (Lipinski definition) is 0. The van der Waals surface area contributed by atoms with Crippen molar-refractivity contribution in [3.63, 3.8) is 0 Å². The third kappa shape index (κ3) is 7.22. The number of rotatable bonds is 9. The van der Waals surface area contributed by atoms with Crippen LogP contribution in [0.15, 0.2) is 182 Å². The highest BCUT2D eigenvalue weighted by Crippen LogP contribution is 2.42. The van der Waals surface area contributed by atoms with Crippen LogP contribution in [0.5, 0.6) is 0 Å². The molecule has 2 heterocycles. The smallest absolute Gasteiger partial charge is 0.129 e. The van der Waals surface area contributed by atoms with Crippen molar-refractivity contribution < 1.29 is 0 Å². The zero-order valence-corrected chi connectivity index (χ0v) is 38.3. The molecule has 10 aromatic rings. The molecule has 2 aromatic heterocycles. The fourth-order valence-corrected chi connectivity index (χ4v) is 11.5. The van der Waals surface area contributed by atoms with Crippen LogP contribution in [0.25, 0.3) is 71.9 Å². The number of anilines is 3. The molecule has 10 rings (SSSR count). The molecule has 0 saturated heterocycles. The minimum absolute atomic E-state index is 0.879. The fourth-order valence-electron chi connectivity index (χ4n) is 8.59. The minimum Gasteiger partial charge on any atom is -0.309 e. The molecule has 0 aliphatic carbocycles. The molecular weight excluding hydrogens is 793 g/mol. The van der Waals surface area contributed by atoms with E-state index in [2.05, 4.69) is 231 Å². The fraction of sp³-hybridized carbons (Fsp3) is 0.111. The average molecular weight is 841 g/mol. The maximum atomic E-state index is 4.97. The van der Waals surface area contributed by atoms with Crippen molar-refractivity contribution in [2.45, 2.75) is 39.3 Å². The van der Waals surface area contributed by atoms with Crippen LogP contribution in [-0.2, 0) is 0 Å². The van der Waals surface area contributed by atoms with Gasteiger partial charge in [-0.1, -0.05) is 171 Å². The molecule has 7 heteroatoms. The zero-order valence-electron chi connectivity index (χ0n) is 35.5. The summed E-state index contributed by atoms with van der Waals surface area (Å²) in [6, 6.07) is 66.6. The van der Waals surface area contributed by atoms with Gasteiger partial charge in [0.15, 0.2) is 0 Å². The highest BCUT2D eigenvalue weighted by molar-refractivity contribution is 7.00. The van der Waals surface area contributed by atoms with Crippen LogP contribution in [0.3, 0.4) is 0 Å². The minimum atomic E-state index is -1.51. The van der Waals surface area contributed by atoms with Crippen LogP contribution >= 0.6 is 11.7 Å². The van der Waals surface area contributed by atoms with E-state index < -0.39 is 16.1 Å². The Kier molecular flexibility index (Phi) is 9.71. The Balaban J connectivity index is 1.06. The Morgan fingerprint density at radius 1 is 0.426 bits per heavy atom. The van der Waals surface area contributed by atoms with Gasteiger partial charge in [0.1, 0.15) is 11.0 Å². The van der Waals surface area contributed by atoms with Gasteiger partial charge in [-0.05, 0) is 88.5 Å². The molecule has 61 heavy (non-hydrogen) atoms. The first kappa shape index (κ1) is 38.8. The van der Waals surface area contributed by atoms with Crippen molar-refractivity contribution in [2.75, 3.05) is 4.90 Å². The Labute approximate surface area is 364 Å². The first-order valence-electron chi connectivity index (χ1n) is 21.1. The van der Waals surface area contributed by atoms with Gasteiger partial charge in [-0.2, -0.15) is 8.75 Å². The zero-order chi connectivity index (χ0) is 41.9. The number of benzene rings is 8. The first-order chi connectivity index (χ1) is 29.5. The lowest BCUT2D eigenvalue weighted by Crippen LogP contribution is -2.37. The summed E-state index contributed by atoms with van der Waals surface area (Å²) >= 11 is 1.27. The van der Waals surface area contributed by atoms with E-state index in [1.54, 1.807) is 0 Å². The third-order valence-corrected chi connectivity index (χ3v) is 16.6. The summed E-state index contributed by atoms with van der Waals surface area (Å²) in [6.45, 7) is 14.6. The van der Waals surface area contributed by atoms with Crippen LogP contribution in [0.4, 0.5) is 17.1 Å².